The molecule has 0 saturated heterocycles. The van der Waals surface area contributed by atoms with E-state index in [9.17, 15) is 24.0 Å². The lowest BCUT2D eigenvalue weighted by Crippen LogP contribution is -2.43. The lowest BCUT2D eigenvalue weighted by atomic mass is 9.79. The third-order valence-corrected chi connectivity index (χ3v) is 6.86. The number of hydrogen-bond acceptors (Lipinski definition) is 5. The number of carbonyl (C=O) groups is 5. The Labute approximate surface area is 199 Å². The van der Waals surface area contributed by atoms with Gasteiger partial charge in [-0.15, -0.1) is 0 Å². The Kier molecular flexibility index (Phi) is 8.36. The number of amides is 2. The Morgan fingerprint density at radius 1 is 1.09 bits per heavy atom. The minimum Gasteiger partial charge on any atom is -0.370 e. The van der Waals surface area contributed by atoms with Crippen LogP contribution in [-0.2, 0) is 30.4 Å². The normalized spacial score (nSPS) is 19.5. The summed E-state index contributed by atoms with van der Waals surface area (Å²) in [7, 11) is 0. The Hall–Kier alpha value is -3.29. The number of nitrogens with one attached hydrogen (secondary N) is 2. The average Bonchev–Trinajstić information content (AvgIpc) is 3.43. The van der Waals surface area contributed by atoms with E-state index in [0.717, 1.165) is 22.9 Å². The number of ketones is 3. The molecule has 4 N–H and O–H groups in total. The quantitative estimate of drug-likeness (QED) is 0.440. The smallest absolute Gasteiger partial charge is 0.217 e. The van der Waals surface area contributed by atoms with Crippen LogP contribution in [0.4, 0.5) is 0 Å². The summed E-state index contributed by atoms with van der Waals surface area (Å²) in [6.07, 6.45) is 4.17. The molecular formula is C26H33N3O5. The van der Waals surface area contributed by atoms with E-state index < -0.39 is 23.8 Å². The molecule has 0 aliphatic heterocycles. The first-order chi connectivity index (χ1) is 16.2. The molecule has 1 heterocycles. The highest BCUT2D eigenvalue weighted by molar-refractivity contribution is 5.96. The lowest BCUT2D eigenvalue weighted by molar-refractivity contribution is -0.136. The largest absolute Gasteiger partial charge is 0.370 e. The number of aromatic amines is 1. The third kappa shape index (κ3) is 6.18. The zero-order chi connectivity index (χ0) is 24.8. The van der Waals surface area contributed by atoms with E-state index in [-0.39, 0.29) is 54.9 Å². The molecule has 0 bridgehead atoms. The summed E-state index contributed by atoms with van der Waals surface area (Å²) in [6.45, 7) is 2.84. The maximum atomic E-state index is 13.4. The standard InChI is InChI=1S/C26H33N3O5/c1-15(30)19-7-5-8-21(19)26(34)17(10-11-25(27)33)13-24(32)23(29-16(2)31)12-18-14-28-22-9-4-3-6-20(18)22/h3-4,6,9,14,17,19,21,23,28H,5,7-8,10-13H2,1-2H3,(H2,27,33)(H,29,31)/t17-,19+,21?,23+/m1/s1. The molecule has 34 heavy (non-hydrogen) atoms. The van der Waals surface area contributed by atoms with Gasteiger partial charge in [0.15, 0.2) is 5.78 Å². The molecule has 182 valence electrons. The van der Waals surface area contributed by atoms with Gasteiger partial charge in [0, 0.05) is 61.0 Å². The summed E-state index contributed by atoms with van der Waals surface area (Å²) in [5.41, 5.74) is 7.13. The zero-order valence-corrected chi connectivity index (χ0v) is 19.8. The summed E-state index contributed by atoms with van der Waals surface area (Å²) in [5, 5.41) is 3.69. The SMILES string of the molecule is CC(=O)N[C@@H](Cc1c[nH]c2ccccc12)C(=O)C[C@@H](CCC(N)=O)C(=O)C1CCC[C@H]1C(C)=O. The zero-order valence-electron chi connectivity index (χ0n) is 19.8. The molecule has 8 heteroatoms. The monoisotopic (exact) mass is 467 g/mol. The molecule has 1 aliphatic rings. The number of carbonyl (C=O) groups excluding carboxylic acids is 5. The Bertz CT molecular complexity index is 1090. The van der Waals surface area contributed by atoms with Gasteiger partial charge < -0.3 is 16.0 Å². The van der Waals surface area contributed by atoms with E-state index >= 15 is 0 Å². The summed E-state index contributed by atoms with van der Waals surface area (Å²) < 4.78 is 0. The van der Waals surface area contributed by atoms with Gasteiger partial charge in [0.2, 0.25) is 11.8 Å². The number of para-hydroxylation sites is 1. The van der Waals surface area contributed by atoms with Crippen LogP contribution in [-0.4, -0.2) is 40.2 Å². The van der Waals surface area contributed by atoms with E-state index in [1.54, 1.807) is 0 Å². The van der Waals surface area contributed by atoms with Crippen LogP contribution in [0, 0.1) is 17.8 Å². The molecule has 0 radical (unpaired) electrons. The number of fused-ring (bicyclic) bond motifs is 1. The molecule has 2 aromatic rings. The second-order valence-corrected chi connectivity index (χ2v) is 9.35. The highest BCUT2D eigenvalue weighted by atomic mass is 16.2. The Morgan fingerprint density at radius 2 is 1.79 bits per heavy atom. The molecule has 1 aromatic heterocycles. The van der Waals surface area contributed by atoms with Crippen molar-refractivity contribution < 1.29 is 24.0 Å². The second kappa shape index (κ2) is 11.2. The van der Waals surface area contributed by atoms with E-state index in [1.165, 1.54) is 13.8 Å². The van der Waals surface area contributed by atoms with Crippen molar-refractivity contribution in [3.63, 3.8) is 0 Å². The fourth-order valence-corrected chi connectivity index (χ4v) is 5.15. The Morgan fingerprint density at radius 3 is 2.47 bits per heavy atom. The van der Waals surface area contributed by atoms with Crippen LogP contribution in [0.3, 0.4) is 0 Å². The predicted molar refractivity (Wildman–Crippen MR) is 128 cm³/mol. The molecule has 1 unspecified atom stereocenters. The van der Waals surface area contributed by atoms with Gasteiger partial charge in [0.05, 0.1) is 6.04 Å². The van der Waals surface area contributed by atoms with Gasteiger partial charge in [0.25, 0.3) is 0 Å². The van der Waals surface area contributed by atoms with Crippen LogP contribution in [0.2, 0.25) is 0 Å². The number of benzene rings is 1. The number of H-pyrrole nitrogens is 1. The molecule has 1 aromatic carbocycles. The number of nitrogens with two attached hydrogens (primary N) is 1. The van der Waals surface area contributed by atoms with E-state index in [4.69, 9.17) is 5.73 Å². The van der Waals surface area contributed by atoms with Crippen molar-refractivity contribution in [3.05, 3.63) is 36.0 Å². The molecule has 4 atom stereocenters. The van der Waals surface area contributed by atoms with E-state index in [0.29, 0.717) is 12.8 Å². The highest BCUT2D eigenvalue weighted by Crippen LogP contribution is 2.36. The molecular weight excluding hydrogens is 434 g/mol. The summed E-state index contributed by atoms with van der Waals surface area (Å²) in [5.74, 6) is -2.83. The molecule has 1 fully saturated rings. The van der Waals surface area contributed by atoms with Crippen molar-refractivity contribution in [2.24, 2.45) is 23.5 Å². The summed E-state index contributed by atoms with van der Waals surface area (Å²) in [6, 6.07) is 6.87. The van der Waals surface area contributed by atoms with Crippen molar-refractivity contribution >= 4 is 40.1 Å². The number of Topliss-reactive ketones (excluding diaryl/α,β-unsaturated/α-hetero) is 3. The van der Waals surface area contributed by atoms with Gasteiger partial charge in [-0.2, -0.15) is 0 Å². The number of primary amides is 1. The molecule has 3 rings (SSSR count). The fourth-order valence-electron chi connectivity index (χ4n) is 5.15. The Balaban J connectivity index is 1.80. The van der Waals surface area contributed by atoms with Gasteiger partial charge in [-0.05, 0) is 37.8 Å². The summed E-state index contributed by atoms with van der Waals surface area (Å²) in [4.78, 5) is 65.3. The van der Waals surface area contributed by atoms with Crippen molar-refractivity contribution in [1.82, 2.24) is 10.3 Å². The maximum absolute atomic E-state index is 13.4. The minimum absolute atomic E-state index is 0.0194. The first kappa shape index (κ1) is 25.3. The van der Waals surface area contributed by atoms with Crippen LogP contribution in [0.1, 0.15) is 57.9 Å². The van der Waals surface area contributed by atoms with Gasteiger partial charge in [-0.3, -0.25) is 24.0 Å². The minimum atomic E-state index is -0.812. The van der Waals surface area contributed by atoms with Crippen LogP contribution < -0.4 is 11.1 Å². The summed E-state index contributed by atoms with van der Waals surface area (Å²) >= 11 is 0. The van der Waals surface area contributed by atoms with E-state index in [2.05, 4.69) is 10.3 Å². The molecule has 0 spiro atoms. The molecule has 8 nitrogen and oxygen atoms in total. The first-order valence-corrected chi connectivity index (χ1v) is 11.8. The first-order valence-electron chi connectivity index (χ1n) is 11.8. The predicted octanol–water partition coefficient (Wildman–Crippen LogP) is 2.63. The highest BCUT2D eigenvalue weighted by Gasteiger charge is 2.39. The van der Waals surface area contributed by atoms with Crippen molar-refractivity contribution in [3.8, 4) is 0 Å². The maximum Gasteiger partial charge on any atom is 0.217 e. The van der Waals surface area contributed by atoms with Crippen molar-refractivity contribution in [1.29, 1.82) is 0 Å². The molecule has 1 aliphatic carbocycles. The van der Waals surface area contributed by atoms with Gasteiger partial charge in [-0.1, -0.05) is 24.6 Å². The topological polar surface area (TPSA) is 139 Å². The van der Waals surface area contributed by atoms with Gasteiger partial charge in [-0.25, -0.2) is 0 Å². The van der Waals surface area contributed by atoms with E-state index in [1.807, 2.05) is 30.5 Å². The lowest BCUT2D eigenvalue weighted by Gasteiger charge is -2.24. The molecule has 2 amide bonds. The average molecular weight is 468 g/mol. The van der Waals surface area contributed by atoms with Gasteiger partial charge in [0.1, 0.15) is 11.6 Å². The van der Waals surface area contributed by atoms with Crippen molar-refractivity contribution in [2.75, 3.05) is 0 Å². The third-order valence-electron chi connectivity index (χ3n) is 6.86. The fraction of sp³-hybridized carbons (Fsp3) is 0.500. The van der Waals surface area contributed by atoms with Crippen molar-refractivity contribution in [2.45, 2.75) is 64.8 Å². The van der Waals surface area contributed by atoms with Crippen LogP contribution in [0.5, 0.6) is 0 Å². The van der Waals surface area contributed by atoms with Crippen LogP contribution >= 0.6 is 0 Å². The van der Waals surface area contributed by atoms with Crippen LogP contribution in [0.25, 0.3) is 10.9 Å². The molecule has 1 saturated carbocycles. The number of aromatic nitrogens is 1. The van der Waals surface area contributed by atoms with Gasteiger partial charge >= 0.3 is 0 Å². The number of hydrogen-bond donors (Lipinski definition) is 3. The van der Waals surface area contributed by atoms with Crippen LogP contribution in [0.15, 0.2) is 30.5 Å². The number of rotatable bonds is 12. The second-order valence-electron chi connectivity index (χ2n) is 9.35.